The molecule has 2 N–H and O–H groups in total. The van der Waals surface area contributed by atoms with Gasteiger partial charge >= 0.3 is 0 Å². The zero-order valence-electron chi connectivity index (χ0n) is 8.46. The Hall–Kier alpha value is -1.22. The van der Waals surface area contributed by atoms with E-state index in [4.69, 9.17) is 15.2 Å². The Morgan fingerprint density at radius 3 is 2.31 bits per heavy atom. The van der Waals surface area contributed by atoms with Gasteiger partial charge in [-0.15, -0.1) is 0 Å². The van der Waals surface area contributed by atoms with Gasteiger partial charge in [-0.1, -0.05) is 12.7 Å². The molecule has 0 saturated carbocycles. The first kappa shape index (κ1) is 11.8. The van der Waals surface area contributed by atoms with Crippen LogP contribution >= 0.6 is 0 Å². The lowest BCUT2D eigenvalue weighted by Crippen LogP contribution is -2.07. The maximum absolute atomic E-state index is 5.52. The molecule has 0 aliphatic heterocycles. The summed E-state index contributed by atoms with van der Waals surface area (Å²) < 4.78 is 10.0. The minimum atomic E-state index is 0.438. The number of allylic oxidation sites excluding steroid dienone is 2. The largest absolute Gasteiger partial charge is 0.497 e. The zero-order chi connectivity index (χ0) is 10.3. The van der Waals surface area contributed by atoms with Crippen LogP contribution in [0.25, 0.3) is 0 Å². The molecular weight excluding hydrogens is 166 g/mol. The quantitative estimate of drug-likeness (QED) is 0.520. The summed E-state index contributed by atoms with van der Waals surface area (Å²) in [6.07, 6.45) is 3.61. The highest BCUT2D eigenvalue weighted by Crippen LogP contribution is 2.11. The van der Waals surface area contributed by atoms with Crippen molar-refractivity contribution in [2.45, 2.75) is 6.92 Å². The summed E-state index contributed by atoms with van der Waals surface area (Å²) in [5.74, 6) is 1.24. The Kier molecular flexibility index (Phi) is 5.72. The van der Waals surface area contributed by atoms with Gasteiger partial charge in [-0.05, 0) is 6.92 Å². The lowest BCUT2D eigenvalue weighted by Gasteiger charge is -2.09. The average molecular weight is 183 g/mol. The third-order valence-electron chi connectivity index (χ3n) is 1.66. The minimum Gasteiger partial charge on any atom is -0.497 e. The van der Waals surface area contributed by atoms with Crippen LogP contribution in [0.15, 0.2) is 35.8 Å². The van der Waals surface area contributed by atoms with Gasteiger partial charge in [0.1, 0.15) is 11.5 Å². The topological polar surface area (TPSA) is 44.5 Å². The first-order valence-corrected chi connectivity index (χ1v) is 4.03. The maximum atomic E-state index is 5.52. The number of nitrogens with two attached hydrogens (primary N) is 1. The second kappa shape index (κ2) is 6.31. The highest BCUT2D eigenvalue weighted by Gasteiger charge is 2.02. The molecule has 13 heavy (non-hydrogen) atoms. The van der Waals surface area contributed by atoms with Crippen molar-refractivity contribution in [3.8, 4) is 0 Å². The van der Waals surface area contributed by atoms with Crippen LogP contribution in [0.5, 0.6) is 0 Å². The van der Waals surface area contributed by atoms with E-state index in [1.807, 2.05) is 13.0 Å². The molecule has 0 amide bonds. The third-order valence-corrected chi connectivity index (χ3v) is 1.66. The average Bonchev–Trinajstić information content (AvgIpc) is 2.17. The van der Waals surface area contributed by atoms with Crippen molar-refractivity contribution in [2.24, 2.45) is 5.73 Å². The fourth-order valence-corrected chi connectivity index (χ4v) is 0.849. The molecule has 3 heteroatoms. The second-order valence-electron chi connectivity index (χ2n) is 2.40. The van der Waals surface area contributed by atoms with Gasteiger partial charge in [-0.3, -0.25) is 0 Å². The molecule has 0 radical (unpaired) electrons. The number of hydrogen-bond donors (Lipinski definition) is 1. The molecule has 0 bridgehead atoms. The number of rotatable bonds is 5. The van der Waals surface area contributed by atoms with Gasteiger partial charge in [-0.2, -0.15) is 0 Å². The summed E-state index contributed by atoms with van der Waals surface area (Å²) in [7, 11) is 3.15. The Bertz CT molecular complexity index is 229. The van der Waals surface area contributed by atoms with Crippen LogP contribution in [0.1, 0.15) is 6.92 Å². The van der Waals surface area contributed by atoms with Gasteiger partial charge in [0.2, 0.25) is 0 Å². The van der Waals surface area contributed by atoms with Crippen LogP contribution in [-0.2, 0) is 9.47 Å². The van der Waals surface area contributed by atoms with E-state index in [0.717, 1.165) is 5.57 Å². The van der Waals surface area contributed by atoms with Gasteiger partial charge in [0.15, 0.2) is 0 Å². The number of methoxy groups -OCH3 is 2. The lowest BCUT2D eigenvalue weighted by atomic mass is 10.2. The molecule has 0 atom stereocenters. The van der Waals surface area contributed by atoms with Crippen molar-refractivity contribution in [3.05, 3.63) is 35.8 Å². The fourth-order valence-electron chi connectivity index (χ4n) is 0.849. The fraction of sp³-hybridized carbons (Fsp3) is 0.400. The monoisotopic (exact) mass is 183 g/mol. The standard InChI is InChI=1S/C10H17NO2/c1-5-9(7-11)10(13-4)6-8(2)12-3/h5-6H,2,7,11H2,1,3-4H3/b9-5-,10-6+. The molecule has 74 valence electrons. The SMILES string of the molecule is C=C(/C=C(OC)\C(=C/C)CN)OC. The van der Waals surface area contributed by atoms with E-state index in [-0.39, 0.29) is 0 Å². The summed E-state index contributed by atoms with van der Waals surface area (Å²) >= 11 is 0. The van der Waals surface area contributed by atoms with Crippen molar-refractivity contribution >= 4 is 0 Å². The van der Waals surface area contributed by atoms with Gasteiger partial charge in [0.05, 0.1) is 14.2 Å². The highest BCUT2D eigenvalue weighted by molar-refractivity contribution is 5.30. The maximum Gasteiger partial charge on any atom is 0.126 e. The molecule has 0 rings (SSSR count). The third kappa shape index (κ3) is 3.80. The molecular formula is C10H17NO2. The Morgan fingerprint density at radius 1 is 1.38 bits per heavy atom. The molecule has 0 unspecified atom stereocenters. The molecule has 0 aromatic carbocycles. The molecule has 0 aliphatic carbocycles. The van der Waals surface area contributed by atoms with Crippen LogP contribution < -0.4 is 5.73 Å². The molecule has 0 saturated heterocycles. The Balaban J connectivity index is 4.67. The van der Waals surface area contributed by atoms with Crippen molar-refractivity contribution < 1.29 is 9.47 Å². The van der Waals surface area contributed by atoms with E-state index >= 15 is 0 Å². The summed E-state index contributed by atoms with van der Waals surface area (Å²) in [6.45, 7) is 6.01. The molecule has 0 aromatic rings. The van der Waals surface area contributed by atoms with Gasteiger partial charge < -0.3 is 15.2 Å². The van der Waals surface area contributed by atoms with E-state index in [0.29, 0.717) is 18.1 Å². The zero-order valence-corrected chi connectivity index (χ0v) is 8.46. The van der Waals surface area contributed by atoms with Gasteiger partial charge in [0.25, 0.3) is 0 Å². The van der Waals surface area contributed by atoms with Gasteiger partial charge in [-0.25, -0.2) is 0 Å². The Labute approximate surface area is 79.5 Å². The molecule has 0 aromatic heterocycles. The summed E-state index contributed by atoms with van der Waals surface area (Å²) in [4.78, 5) is 0. The van der Waals surface area contributed by atoms with Crippen molar-refractivity contribution in [2.75, 3.05) is 20.8 Å². The first-order valence-electron chi connectivity index (χ1n) is 4.03. The summed E-state index contributed by atoms with van der Waals surface area (Å²) in [6, 6.07) is 0. The van der Waals surface area contributed by atoms with Crippen molar-refractivity contribution in [1.82, 2.24) is 0 Å². The van der Waals surface area contributed by atoms with Crippen LogP contribution in [0.2, 0.25) is 0 Å². The summed E-state index contributed by atoms with van der Waals surface area (Å²) in [5.41, 5.74) is 6.45. The van der Waals surface area contributed by atoms with E-state index in [9.17, 15) is 0 Å². The molecule has 0 aliphatic rings. The molecule has 0 spiro atoms. The number of ether oxygens (including phenoxy) is 2. The smallest absolute Gasteiger partial charge is 0.126 e. The van der Waals surface area contributed by atoms with Gasteiger partial charge in [0, 0.05) is 18.2 Å². The Morgan fingerprint density at radius 2 is 2.00 bits per heavy atom. The highest BCUT2D eigenvalue weighted by atomic mass is 16.5. The van der Waals surface area contributed by atoms with E-state index < -0.39 is 0 Å². The summed E-state index contributed by atoms with van der Waals surface area (Å²) in [5, 5.41) is 0. The van der Waals surface area contributed by atoms with Crippen LogP contribution in [0.4, 0.5) is 0 Å². The van der Waals surface area contributed by atoms with Crippen LogP contribution in [0.3, 0.4) is 0 Å². The molecule has 0 fully saturated rings. The number of hydrogen-bond acceptors (Lipinski definition) is 3. The van der Waals surface area contributed by atoms with E-state index in [1.165, 1.54) is 0 Å². The second-order valence-corrected chi connectivity index (χ2v) is 2.40. The normalized spacial score (nSPS) is 12.6. The van der Waals surface area contributed by atoms with E-state index in [1.54, 1.807) is 20.3 Å². The van der Waals surface area contributed by atoms with Crippen LogP contribution in [-0.4, -0.2) is 20.8 Å². The van der Waals surface area contributed by atoms with Crippen molar-refractivity contribution in [3.63, 3.8) is 0 Å². The predicted octanol–water partition coefficient (Wildman–Crippen LogP) is 1.58. The molecule has 0 heterocycles. The predicted molar refractivity (Wildman–Crippen MR) is 54.1 cm³/mol. The first-order chi connectivity index (χ1) is 6.19. The van der Waals surface area contributed by atoms with Crippen molar-refractivity contribution in [1.29, 1.82) is 0 Å². The lowest BCUT2D eigenvalue weighted by molar-refractivity contribution is 0.282. The molecule has 3 nitrogen and oxygen atoms in total. The minimum absolute atomic E-state index is 0.438. The van der Waals surface area contributed by atoms with E-state index in [2.05, 4.69) is 6.58 Å². The van der Waals surface area contributed by atoms with Crippen LogP contribution in [0, 0.1) is 0 Å².